The highest BCUT2D eigenvalue weighted by atomic mass is 32.2. The van der Waals surface area contributed by atoms with E-state index in [1.165, 1.54) is 6.07 Å². The molecule has 0 atom stereocenters. The summed E-state index contributed by atoms with van der Waals surface area (Å²) < 4.78 is 54.1. The lowest BCUT2D eigenvalue weighted by atomic mass is 10.1. The molecule has 6 nitrogen and oxygen atoms in total. The first-order chi connectivity index (χ1) is 12.8. The molecule has 2 aromatic carbocycles. The summed E-state index contributed by atoms with van der Waals surface area (Å²) in [6.45, 7) is -0.220. The van der Waals surface area contributed by atoms with Gasteiger partial charge in [0.05, 0.1) is 17.1 Å². The van der Waals surface area contributed by atoms with Crippen molar-refractivity contribution >= 4 is 10.0 Å². The van der Waals surface area contributed by atoms with Gasteiger partial charge < -0.3 is 0 Å². The molecule has 0 unspecified atom stereocenters. The van der Waals surface area contributed by atoms with Crippen molar-refractivity contribution in [2.45, 2.75) is 11.4 Å². The number of halogens is 2. The van der Waals surface area contributed by atoms with Crippen molar-refractivity contribution in [2.75, 3.05) is 6.54 Å². The summed E-state index contributed by atoms with van der Waals surface area (Å²) >= 11 is 0. The Balaban J connectivity index is 1.74. The van der Waals surface area contributed by atoms with E-state index in [0.29, 0.717) is 23.9 Å². The van der Waals surface area contributed by atoms with Crippen molar-refractivity contribution in [3.05, 3.63) is 82.7 Å². The topological polar surface area (TPSA) is 81.1 Å². The maximum atomic E-state index is 13.2. The Bertz CT molecular complexity index is 1100. The monoisotopic (exact) mass is 391 g/mol. The van der Waals surface area contributed by atoms with Crippen LogP contribution in [0.5, 0.6) is 0 Å². The molecule has 9 heteroatoms. The van der Waals surface area contributed by atoms with Crippen LogP contribution >= 0.6 is 0 Å². The van der Waals surface area contributed by atoms with Crippen molar-refractivity contribution < 1.29 is 17.2 Å². The van der Waals surface area contributed by atoms with Crippen LogP contribution in [0.25, 0.3) is 11.3 Å². The van der Waals surface area contributed by atoms with Gasteiger partial charge in [-0.15, -0.1) is 0 Å². The van der Waals surface area contributed by atoms with E-state index in [0.717, 1.165) is 10.2 Å². The zero-order valence-corrected chi connectivity index (χ0v) is 14.8. The van der Waals surface area contributed by atoms with Crippen LogP contribution in [0.4, 0.5) is 8.78 Å². The maximum Gasteiger partial charge on any atom is 0.266 e. The van der Waals surface area contributed by atoms with Gasteiger partial charge >= 0.3 is 0 Å². The highest BCUT2D eigenvalue weighted by Gasteiger charge is 2.16. The zero-order chi connectivity index (χ0) is 19.4. The highest BCUT2D eigenvalue weighted by molar-refractivity contribution is 7.89. The van der Waals surface area contributed by atoms with Gasteiger partial charge in [-0.05, 0) is 18.2 Å². The molecule has 0 amide bonds. The van der Waals surface area contributed by atoms with Gasteiger partial charge in [0.25, 0.3) is 5.56 Å². The van der Waals surface area contributed by atoms with E-state index in [2.05, 4.69) is 9.82 Å². The average Bonchev–Trinajstić information content (AvgIpc) is 2.63. The van der Waals surface area contributed by atoms with Crippen LogP contribution < -0.4 is 10.3 Å². The summed E-state index contributed by atoms with van der Waals surface area (Å²) in [5.74, 6) is -1.99. The van der Waals surface area contributed by atoms with Gasteiger partial charge in [0.15, 0.2) is 0 Å². The van der Waals surface area contributed by atoms with Crippen molar-refractivity contribution in [3.63, 3.8) is 0 Å². The van der Waals surface area contributed by atoms with E-state index < -0.39 is 32.1 Å². The Labute approximate surface area is 154 Å². The minimum atomic E-state index is -4.12. The van der Waals surface area contributed by atoms with Crippen LogP contribution in [0.3, 0.4) is 0 Å². The van der Waals surface area contributed by atoms with Crippen LogP contribution in [0.2, 0.25) is 0 Å². The summed E-state index contributed by atoms with van der Waals surface area (Å²) in [5.41, 5.74) is 0.970. The van der Waals surface area contributed by atoms with Crippen LogP contribution in [0.15, 0.2) is 70.4 Å². The first-order valence-electron chi connectivity index (χ1n) is 7.94. The van der Waals surface area contributed by atoms with E-state index in [1.807, 2.05) is 30.3 Å². The maximum absolute atomic E-state index is 13.2. The Morgan fingerprint density at radius 2 is 1.63 bits per heavy atom. The number of hydrogen-bond donors (Lipinski definition) is 1. The van der Waals surface area contributed by atoms with E-state index in [-0.39, 0.29) is 13.1 Å². The molecule has 27 heavy (non-hydrogen) atoms. The molecule has 0 aliphatic heterocycles. The lowest BCUT2D eigenvalue weighted by Gasteiger charge is -2.09. The molecule has 0 spiro atoms. The smallest absolute Gasteiger partial charge is 0.266 e. The molecule has 0 saturated carbocycles. The zero-order valence-electron chi connectivity index (χ0n) is 14.0. The Hall–Kier alpha value is -2.91. The normalized spacial score (nSPS) is 11.5. The van der Waals surface area contributed by atoms with E-state index in [4.69, 9.17) is 0 Å². The third-order valence-electron chi connectivity index (χ3n) is 3.70. The molecule has 0 radical (unpaired) electrons. The number of rotatable bonds is 6. The second kappa shape index (κ2) is 7.77. The minimum absolute atomic E-state index is 0.0451. The van der Waals surface area contributed by atoms with Crippen molar-refractivity contribution in [1.29, 1.82) is 0 Å². The summed E-state index contributed by atoms with van der Waals surface area (Å²) in [7, 11) is -4.12. The van der Waals surface area contributed by atoms with Gasteiger partial charge in [0.1, 0.15) is 11.6 Å². The largest absolute Gasteiger partial charge is 0.268 e. The minimum Gasteiger partial charge on any atom is -0.268 e. The van der Waals surface area contributed by atoms with E-state index >= 15 is 0 Å². The summed E-state index contributed by atoms with van der Waals surface area (Å²) in [6.07, 6.45) is 0. The molecule has 0 fully saturated rings. The second-order valence-electron chi connectivity index (χ2n) is 5.65. The Kier molecular flexibility index (Phi) is 5.43. The first kappa shape index (κ1) is 18.9. The molecule has 0 saturated heterocycles. The summed E-state index contributed by atoms with van der Waals surface area (Å²) in [5, 5.41) is 4.21. The molecule has 0 aliphatic rings. The number of nitrogens with one attached hydrogen (secondary N) is 1. The number of nitrogens with zero attached hydrogens (tertiary/aromatic N) is 2. The van der Waals surface area contributed by atoms with Crippen LogP contribution in [0, 0.1) is 11.6 Å². The molecule has 3 aromatic rings. The van der Waals surface area contributed by atoms with E-state index in [9.17, 15) is 22.0 Å². The predicted octanol–water partition coefficient (Wildman–Crippen LogP) is 2.17. The molecule has 0 aliphatic carbocycles. The predicted molar refractivity (Wildman–Crippen MR) is 95.5 cm³/mol. The fourth-order valence-electron chi connectivity index (χ4n) is 2.42. The molecule has 1 heterocycles. The van der Waals surface area contributed by atoms with Crippen molar-refractivity contribution in [1.82, 2.24) is 14.5 Å². The van der Waals surface area contributed by atoms with Gasteiger partial charge in [-0.1, -0.05) is 30.3 Å². The summed E-state index contributed by atoms with van der Waals surface area (Å²) in [6, 6.07) is 14.1. The third kappa shape index (κ3) is 4.63. The average molecular weight is 391 g/mol. The van der Waals surface area contributed by atoms with Crippen molar-refractivity contribution in [2.24, 2.45) is 0 Å². The molecule has 140 valence electrons. The molecular formula is C18H15F2N3O3S. The SMILES string of the molecule is O=c1ccc(-c2ccccc2)nn1CCNS(=O)(=O)c1cc(F)cc(F)c1. The van der Waals surface area contributed by atoms with Gasteiger partial charge in [-0.2, -0.15) is 5.10 Å². The molecule has 0 bridgehead atoms. The molecule has 1 aromatic heterocycles. The van der Waals surface area contributed by atoms with Gasteiger partial charge in [0.2, 0.25) is 10.0 Å². The third-order valence-corrected chi connectivity index (χ3v) is 5.14. The fraction of sp³-hybridized carbons (Fsp3) is 0.111. The second-order valence-corrected chi connectivity index (χ2v) is 7.42. The fourth-order valence-corrected chi connectivity index (χ4v) is 3.49. The van der Waals surface area contributed by atoms with Crippen LogP contribution in [-0.2, 0) is 16.6 Å². The number of aromatic nitrogens is 2. The summed E-state index contributed by atoms with van der Waals surface area (Å²) in [4.78, 5) is 11.4. The van der Waals surface area contributed by atoms with Gasteiger partial charge in [-0.3, -0.25) is 4.79 Å². The molecule has 3 rings (SSSR count). The Morgan fingerprint density at radius 3 is 2.30 bits per heavy atom. The molecular weight excluding hydrogens is 376 g/mol. The number of sulfonamides is 1. The van der Waals surface area contributed by atoms with Crippen molar-refractivity contribution in [3.8, 4) is 11.3 Å². The molecule has 1 N–H and O–H groups in total. The highest BCUT2D eigenvalue weighted by Crippen LogP contribution is 2.14. The van der Waals surface area contributed by atoms with E-state index in [1.54, 1.807) is 6.07 Å². The lowest BCUT2D eigenvalue weighted by Crippen LogP contribution is -2.32. The Morgan fingerprint density at radius 1 is 0.963 bits per heavy atom. The van der Waals surface area contributed by atoms with Crippen LogP contribution in [-0.4, -0.2) is 24.7 Å². The number of benzene rings is 2. The van der Waals surface area contributed by atoms with Gasteiger partial charge in [0, 0.05) is 24.2 Å². The lowest BCUT2D eigenvalue weighted by molar-refractivity contribution is 0.543. The van der Waals surface area contributed by atoms with Crippen LogP contribution in [0.1, 0.15) is 0 Å². The quantitative estimate of drug-likeness (QED) is 0.698. The number of hydrogen-bond acceptors (Lipinski definition) is 4. The standard InChI is InChI=1S/C18H15F2N3O3S/c19-14-10-15(20)12-16(11-14)27(25,26)21-8-9-23-18(24)7-6-17(22-23)13-4-2-1-3-5-13/h1-7,10-12,21H,8-9H2. The first-order valence-corrected chi connectivity index (χ1v) is 9.43. The van der Waals surface area contributed by atoms with Gasteiger partial charge in [-0.25, -0.2) is 26.6 Å².